The van der Waals surface area contributed by atoms with Gasteiger partial charge in [-0.15, -0.1) is 0 Å². The summed E-state index contributed by atoms with van der Waals surface area (Å²) < 4.78 is 20.9. The average molecular weight is 468 g/mol. The van der Waals surface area contributed by atoms with Crippen molar-refractivity contribution in [1.29, 1.82) is 0 Å². The van der Waals surface area contributed by atoms with E-state index in [1.54, 1.807) is 6.07 Å². The number of nitrogens with zero attached hydrogens (tertiary/aromatic N) is 1. The summed E-state index contributed by atoms with van der Waals surface area (Å²) in [5.41, 5.74) is 2.90. The van der Waals surface area contributed by atoms with E-state index in [9.17, 15) is 9.18 Å². The molecule has 0 N–H and O–H groups in total. The van der Waals surface area contributed by atoms with Crippen molar-refractivity contribution in [3.8, 4) is 5.06 Å². The van der Waals surface area contributed by atoms with Crippen molar-refractivity contribution >= 4 is 33.2 Å². The van der Waals surface area contributed by atoms with Gasteiger partial charge in [0.25, 0.3) is 5.91 Å². The fourth-order valence-electron chi connectivity index (χ4n) is 3.62. The summed E-state index contributed by atoms with van der Waals surface area (Å²) >= 11 is 4.97. The molecule has 152 valence electrons. The maximum absolute atomic E-state index is 14.3. The molecule has 0 unspecified atom stereocenters. The van der Waals surface area contributed by atoms with E-state index in [1.165, 1.54) is 11.3 Å². The number of hydrogen-bond acceptors (Lipinski definition) is 3. The van der Waals surface area contributed by atoms with Crippen LogP contribution >= 0.6 is 27.3 Å². The molecule has 3 nitrogen and oxygen atoms in total. The van der Waals surface area contributed by atoms with Crippen LogP contribution < -0.4 is 4.74 Å². The van der Waals surface area contributed by atoms with Crippen molar-refractivity contribution in [3.63, 3.8) is 0 Å². The molecular formula is C22H27BrFNO2S. The van der Waals surface area contributed by atoms with Gasteiger partial charge in [0, 0.05) is 13.1 Å². The Morgan fingerprint density at radius 1 is 1.32 bits per heavy atom. The van der Waals surface area contributed by atoms with Crippen LogP contribution in [0.5, 0.6) is 5.06 Å². The minimum absolute atomic E-state index is 0.0516. The van der Waals surface area contributed by atoms with Gasteiger partial charge in [0.05, 0.1) is 16.0 Å². The number of benzene rings is 1. The molecule has 1 amide bonds. The van der Waals surface area contributed by atoms with Gasteiger partial charge < -0.3 is 9.64 Å². The van der Waals surface area contributed by atoms with Crippen LogP contribution in [-0.4, -0.2) is 30.5 Å². The molecule has 1 saturated heterocycles. The molecule has 0 radical (unpaired) electrons. The van der Waals surface area contributed by atoms with Crippen LogP contribution in [0.3, 0.4) is 0 Å². The number of hydrogen-bond donors (Lipinski definition) is 0. The lowest BCUT2D eigenvalue weighted by atomic mass is 9.88. The second-order valence-electron chi connectivity index (χ2n) is 7.28. The van der Waals surface area contributed by atoms with E-state index in [1.807, 2.05) is 24.0 Å². The lowest BCUT2D eigenvalue weighted by Crippen LogP contribution is -2.38. The first-order valence-corrected chi connectivity index (χ1v) is 11.6. The number of halogens is 2. The minimum atomic E-state index is -0.127. The number of carbonyl (C=O) groups excluding carboxylic acids is 1. The predicted octanol–water partition coefficient (Wildman–Crippen LogP) is 6.33. The molecule has 6 heteroatoms. The summed E-state index contributed by atoms with van der Waals surface area (Å²) in [5.74, 6) is 0.101. The van der Waals surface area contributed by atoms with Crippen LogP contribution in [-0.2, 0) is 6.42 Å². The Morgan fingerprint density at radius 3 is 2.68 bits per heavy atom. The Balaban J connectivity index is 1.69. The monoisotopic (exact) mass is 467 g/mol. The highest BCUT2D eigenvalue weighted by Gasteiger charge is 2.29. The number of thiophene rings is 1. The van der Waals surface area contributed by atoms with Crippen molar-refractivity contribution in [1.82, 2.24) is 4.90 Å². The first-order chi connectivity index (χ1) is 13.5. The Bertz CT molecular complexity index is 843. The number of rotatable bonds is 6. The lowest BCUT2D eigenvalue weighted by molar-refractivity contribution is 0.0716. The van der Waals surface area contributed by atoms with Gasteiger partial charge in [-0.05, 0) is 77.2 Å². The number of carbonyl (C=O) groups is 1. The van der Waals surface area contributed by atoms with Gasteiger partial charge in [0.15, 0.2) is 5.06 Å². The summed E-state index contributed by atoms with van der Waals surface area (Å²) in [5, 5.41) is 0.774. The zero-order valence-electron chi connectivity index (χ0n) is 16.7. The predicted molar refractivity (Wildman–Crippen MR) is 116 cm³/mol. The Labute approximate surface area is 179 Å². The SMILES string of the molecule is CCCOc1sc(C(=O)N2CCC(c3cc(CC)ccc3F)CC2)c(C)c1Br. The molecule has 2 heterocycles. The van der Waals surface area contributed by atoms with Gasteiger partial charge in [-0.3, -0.25) is 4.79 Å². The van der Waals surface area contributed by atoms with E-state index in [-0.39, 0.29) is 17.6 Å². The van der Waals surface area contributed by atoms with Crippen LogP contribution in [0, 0.1) is 12.7 Å². The molecule has 1 aliphatic heterocycles. The van der Waals surface area contributed by atoms with Crippen molar-refractivity contribution in [2.45, 2.75) is 52.4 Å². The standard InChI is InChI=1S/C22H27BrFNO2S/c1-4-12-27-22-19(23)14(3)20(28-22)21(26)25-10-8-16(9-11-25)17-13-15(5-2)6-7-18(17)24/h6-7,13,16H,4-5,8-12H2,1-3H3. The largest absolute Gasteiger partial charge is 0.483 e. The third kappa shape index (κ3) is 4.43. The molecule has 0 spiro atoms. The summed E-state index contributed by atoms with van der Waals surface area (Å²) in [6.07, 6.45) is 3.41. The number of amides is 1. The molecule has 0 aliphatic carbocycles. The molecule has 2 aromatic rings. The van der Waals surface area contributed by atoms with Crippen molar-refractivity contribution in [2.24, 2.45) is 0 Å². The second-order valence-corrected chi connectivity index (χ2v) is 9.06. The fraction of sp³-hybridized carbons (Fsp3) is 0.500. The van der Waals surface area contributed by atoms with Crippen LogP contribution in [0.25, 0.3) is 0 Å². The van der Waals surface area contributed by atoms with Crippen molar-refractivity contribution < 1.29 is 13.9 Å². The summed E-state index contributed by atoms with van der Waals surface area (Å²) in [6, 6.07) is 5.43. The molecule has 1 aromatic carbocycles. The minimum Gasteiger partial charge on any atom is -0.483 e. The average Bonchev–Trinajstić information content (AvgIpc) is 3.00. The zero-order valence-corrected chi connectivity index (χ0v) is 19.1. The van der Waals surface area contributed by atoms with E-state index < -0.39 is 0 Å². The topological polar surface area (TPSA) is 29.5 Å². The normalized spacial score (nSPS) is 15.1. The first kappa shape index (κ1) is 21.3. The molecule has 0 saturated carbocycles. The highest BCUT2D eigenvalue weighted by Crippen LogP contribution is 2.40. The van der Waals surface area contributed by atoms with Crippen LogP contribution in [0.4, 0.5) is 4.39 Å². The van der Waals surface area contributed by atoms with Gasteiger partial charge in [-0.25, -0.2) is 4.39 Å². The summed E-state index contributed by atoms with van der Waals surface area (Å²) in [4.78, 5) is 15.7. The smallest absolute Gasteiger partial charge is 0.264 e. The molecule has 0 atom stereocenters. The zero-order chi connectivity index (χ0) is 20.3. The van der Waals surface area contributed by atoms with Gasteiger partial charge >= 0.3 is 0 Å². The van der Waals surface area contributed by atoms with Crippen LogP contribution in [0.15, 0.2) is 22.7 Å². The molecule has 0 bridgehead atoms. The lowest BCUT2D eigenvalue weighted by Gasteiger charge is -2.32. The molecule has 1 aliphatic rings. The maximum Gasteiger partial charge on any atom is 0.264 e. The van der Waals surface area contributed by atoms with E-state index in [2.05, 4.69) is 29.8 Å². The third-order valence-corrected chi connectivity index (χ3v) is 7.78. The number of aryl methyl sites for hydroxylation is 1. The molecule has 1 fully saturated rings. The van der Waals surface area contributed by atoms with E-state index in [4.69, 9.17) is 4.74 Å². The second kappa shape index (κ2) is 9.40. The van der Waals surface area contributed by atoms with Gasteiger partial charge in [0.1, 0.15) is 5.82 Å². The summed E-state index contributed by atoms with van der Waals surface area (Å²) in [7, 11) is 0. The Kier molecular flexibility index (Phi) is 7.15. The molecule has 3 rings (SSSR count). The number of ether oxygens (including phenoxy) is 1. The van der Waals surface area contributed by atoms with Crippen molar-refractivity contribution in [3.05, 3.63) is 50.1 Å². The molecular weight excluding hydrogens is 441 g/mol. The summed E-state index contributed by atoms with van der Waals surface area (Å²) in [6.45, 7) is 8.03. The molecule has 28 heavy (non-hydrogen) atoms. The highest BCUT2D eigenvalue weighted by atomic mass is 79.9. The first-order valence-electron chi connectivity index (χ1n) is 9.95. The van der Waals surface area contributed by atoms with E-state index in [0.29, 0.717) is 19.7 Å². The van der Waals surface area contributed by atoms with Gasteiger partial charge in [-0.2, -0.15) is 0 Å². The Hall–Kier alpha value is -1.40. The third-order valence-electron chi connectivity index (χ3n) is 5.37. The van der Waals surface area contributed by atoms with Crippen molar-refractivity contribution in [2.75, 3.05) is 19.7 Å². The van der Waals surface area contributed by atoms with Gasteiger partial charge in [0.2, 0.25) is 0 Å². The van der Waals surface area contributed by atoms with Gasteiger partial charge in [-0.1, -0.05) is 37.3 Å². The molecule has 1 aromatic heterocycles. The number of piperidine rings is 1. The highest BCUT2D eigenvalue weighted by molar-refractivity contribution is 9.10. The van der Waals surface area contributed by atoms with Crippen LogP contribution in [0.1, 0.15) is 65.4 Å². The number of likely N-dealkylation sites (tertiary alicyclic amines) is 1. The van der Waals surface area contributed by atoms with E-state index >= 15 is 0 Å². The quantitative estimate of drug-likeness (QED) is 0.496. The Morgan fingerprint density at radius 2 is 2.04 bits per heavy atom. The van der Waals surface area contributed by atoms with E-state index in [0.717, 1.165) is 56.8 Å². The van der Waals surface area contributed by atoms with Crippen LogP contribution in [0.2, 0.25) is 0 Å². The maximum atomic E-state index is 14.3. The fourth-order valence-corrected chi connectivity index (χ4v) is 5.35.